The fourth-order valence-corrected chi connectivity index (χ4v) is 3.79. The topological polar surface area (TPSA) is 0 Å². The van der Waals surface area contributed by atoms with Crippen molar-refractivity contribution in [1.82, 2.24) is 0 Å². The molecule has 0 N–H and O–H groups in total. The molecule has 2 aliphatic heterocycles. The number of rotatable bonds is 0. The maximum atomic E-state index is 2.49. The molecule has 0 aromatic rings. The first-order valence-electron chi connectivity index (χ1n) is 6.00. The van der Waals surface area contributed by atoms with E-state index in [0.717, 1.165) is 17.9 Å². The molecule has 0 aromatic heterocycles. The summed E-state index contributed by atoms with van der Waals surface area (Å²) < 4.78 is 1.46. The normalized spacial score (nSPS) is 44.1. The van der Waals surface area contributed by atoms with E-state index in [0.29, 0.717) is 0 Å². The Morgan fingerprint density at radius 3 is 2.23 bits per heavy atom. The fraction of sp³-hybridized carbons (Fsp3) is 1.00. The van der Waals surface area contributed by atoms with Gasteiger partial charge in [0.15, 0.2) is 0 Å². The van der Waals surface area contributed by atoms with Crippen LogP contribution in [0.5, 0.6) is 0 Å². The molecular formula is C12H24N+. The Bertz CT molecular complexity index is 182. The first kappa shape index (κ1) is 9.51. The second-order valence-electron chi connectivity index (χ2n) is 5.61. The summed E-state index contributed by atoms with van der Waals surface area (Å²) in [6.07, 6.45) is 4.41. The Hall–Kier alpha value is -0.0400. The average Bonchev–Trinajstić information content (AvgIpc) is 2.50. The highest BCUT2D eigenvalue weighted by molar-refractivity contribution is 4.75. The molecule has 0 bridgehead atoms. The van der Waals surface area contributed by atoms with E-state index >= 15 is 0 Å². The SMILES string of the molecule is CC1CC(C)C(C)[N+]2(CCCC2)C1. The van der Waals surface area contributed by atoms with Gasteiger partial charge in [0.05, 0.1) is 25.7 Å². The van der Waals surface area contributed by atoms with Crippen LogP contribution < -0.4 is 0 Å². The summed E-state index contributed by atoms with van der Waals surface area (Å²) in [5, 5.41) is 0. The van der Waals surface area contributed by atoms with Gasteiger partial charge in [0, 0.05) is 24.7 Å². The van der Waals surface area contributed by atoms with Crippen LogP contribution >= 0.6 is 0 Å². The average molecular weight is 182 g/mol. The second-order valence-corrected chi connectivity index (χ2v) is 5.61. The maximum absolute atomic E-state index is 2.49. The van der Waals surface area contributed by atoms with Crippen LogP contribution in [-0.2, 0) is 0 Å². The molecule has 1 spiro atoms. The van der Waals surface area contributed by atoms with Crippen molar-refractivity contribution in [2.24, 2.45) is 11.8 Å². The minimum Gasteiger partial charge on any atom is -0.321 e. The van der Waals surface area contributed by atoms with Crippen molar-refractivity contribution in [2.45, 2.75) is 46.1 Å². The lowest BCUT2D eigenvalue weighted by Gasteiger charge is -2.48. The van der Waals surface area contributed by atoms with Crippen LogP contribution in [0.3, 0.4) is 0 Å². The third-order valence-electron chi connectivity index (χ3n) is 4.59. The van der Waals surface area contributed by atoms with Crippen LogP contribution in [0.2, 0.25) is 0 Å². The molecule has 13 heavy (non-hydrogen) atoms. The molecule has 2 aliphatic rings. The third kappa shape index (κ3) is 1.52. The van der Waals surface area contributed by atoms with Gasteiger partial charge in [-0.15, -0.1) is 0 Å². The van der Waals surface area contributed by atoms with Gasteiger partial charge in [-0.1, -0.05) is 13.8 Å². The summed E-state index contributed by atoms with van der Waals surface area (Å²) >= 11 is 0. The van der Waals surface area contributed by atoms with E-state index in [2.05, 4.69) is 20.8 Å². The Morgan fingerprint density at radius 1 is 1.00 bits per heavy atom. The predicted molar refractivity (Wildman–Crippen MR) is 56.5 cm³/mol. The van der Waals surface area contributed by atoms with Crippen molar-refractivity contribution >= 4 is 0 Å². The van der Waals surface area contributed by atoms with Crippen LogP contribution in [0.25, 0.3) is 0 Å². The van der Waals surface area contributed by atoms with Gasteiger partial charge in [-0.2, -0.15) is 0 Å². The van der Waals surface area contributed by atoms with Gasteiger partial charge in [-0.05, 0) is 13.3 Å². The van der Waals surface area contributed by atoms with E-state index in [4.69, 9.17) is 0 Å². The zero-order chi connectivity index (χ0) is 9.47. The van der Waals surface area contributed by atoms with Gasteiger partial charge >= 0.3 is 0 Å². The highest BCUT2D eigenvalue weighted by Gasteiger charge is 2.44. The van der Waals surface area contributed by atoms with Crippen LogP contribution in [0.1, 0.15) is 40.0 Å². The molecule has 3 atom stereocenters. The van der Waals surface area contributed by atoms with Crippen LogP contribution in [-0.4, -0.2) is 30.2 Å². The zero-order valence-electron chi connectivity index (χ0n) is 9.42. The highest BCUT2D eigenvalue weighted by atomic mass is 15.4. The van der Waals surface area contributed by atoms with Crippen molar-refractivity contribution in [3.8, 4) is 0 Å². The van der Waals surface area contributed by atoms with E-state index in [-0.39, 0.29) is 0 Å². The van der Waals surface area contributed by atoms with Gasteiger partial charge < -0.3 is 4.48 Å². The Balaban J connectivity index is 2.15. The first-order chi connectivity index (χ1) is 6.14. The molecule has 76 valence electrons. The summed E-state index contributed by atoms with van der Waals surface area (Å²) in [7, 11) is 0. The highest BCUT2D eigenvalue weighted by Crippen LogP contribution is 2.36. The maximum Gasteiger partial charge on any atom is 0.0887 e. The van der Waals surface area contributed by atoms with Gasteiger partial charge in [-0.25, -0.2) is 0 Å². The van der Waals surface area contributed by atoms with Crippen molar-refractivity contribution in [2.75, 3.05) is 19.6 Å². The van der Waals surface area contributed by atoms with Crippen molar-refractivity contribution < 1.29 is 4.48 Å². The van der Waals surface area contributed by atoms with Crippen molar-refractivity contribution in [3.05, 3.63) is 0 Å². The van der Waals surface area contributed by atoms with Gasteiger partial charge in [0.25, 0.3) is 0 Å². The van der Waals surface area contributed by atoms with E-state index in [1.54, 1.807) is 0 Å². The second kappa shape index (κ2) is 3.27. The zero-order valence-corrected chi connectivity index (χ0v) is 9.42. The lowest BCUT2D eigenvalue weighted by atomic mass is 9.84. The molecule has 2 rings (SSSR count). The molecule has 0 aromatic carbocycles. The largest absolute Gasteiger partial charge is 0.321 e. The molecule has 3 unspecified atom stereocenters. The summed E-state index contributed by atoms with van der Waals surface area (Å²) in [5.74, 6) is 1.91. The first-order valence-corrected chi connectivity index (χ1v) is 6.00. The van der Waals surface area contributed by atoms with E-state index < -0.39 is 0 Å². The molecule has 2 fully saturated rings. The van der Waals surface area contributed by atoms with E-state index in [9.17, 15) is 0 Å². The number of quaternary nitrogens is 1. The molecule has 1 heteroatoms. The van der Waals surface area contributed by atoms with Crippen LogP contribution in [0, 0.1) is 11.8 Å². The minimum absolute atomic E-state index is 0.929. The van der Waals surface area contributed by atoms with Crippen molar-refractivity contribution in [1.29, 1.82) is 0 Å². The van der Waals surface area contributed by atoms with Crippen molar-refractivity contribution in [3.63, 3.8) is 0 Å². The Labute approximate surface area is 82.7 Å². The Morgan fingerprint density at radius 2 is 1.62 bits per heavy atom. The van der Waals surface area contributed by atoms with Gasteiger partial charge in [-0.3, -0.25) is 0 Å². The summed E-state index contributed by atoms with van der Waals surface area (Å²) in [6.45, 7) is 11.8. The molecule has 0 aliphatic carbocycles. The molecule has 2 heterocycles. The van der Waals surface area contributed by atoms with Gasteiger partial charge in [0.2, 0.25) is 0 Å². The summed E-state index contributed by atoms with van der Waals surface area (Å²) in [5.41, 5.74) is 0. The number of nitrogens with zero attached hydrogens (tertiary/aromatic N) is 1. The predicted octanol–water partition coefficient (Wildman–Crippen LogP) is 2.66. The smallest absolute Gasteiger partial charge is 0.0887 e. The molecule has 0 saturated carbocycles. The van der Waals surface area contributed by atoms with E-state index in [1.807, 2.05) is 0 Å². The quantitative estimate of drug-likeness (QED) is 0.505. The number of piperidine rings is 1. The molecule has 2 saturated heterocycles. The summed E-state index contributed by atoms with van der Waals surface area (Å²) in [6, 6.07) is 0.929. The molecule has 0 radical (unpaired) electrons. The minimum atomic E-state index is 0.929. The van der Waals surface area contributed by atoms with E-state index in [1.165, 1.54) is 43.4 Å². The van der Waals surface area contributed by atoms with Crippen LogP contribution in [0.15, 0.2) is 0 Å². The van der Waals surface area contributed by atoms with Gasteiger partial charge in [0.1, 0.15) is 0 Å². The monoisotopic (exact) mass is 182 g/mol. The number of hydrogen-bond donors (Lipinski definition) is 0. The summed E-state index contributed by atoms with van der Waals surface area (Å²) in [4.78, 5) is 0. The molecule has 1 nitrogen and oxygen atoms in total. The molecule has 0 amide bonds. The third-order valence-corrected chi connectivity index (χ3v) is 4.59. The fourth-order valence-electron chi connectivity index (χ4n) is 3.79. The van der Waals surface area contributed by atoms with Crippen LogP contribution in [0.4, 0.5) is 0 Å². The lowest BCUT2D eigenvalue weighted by Crippen LogP contribution is -2.59. The Kier molecular flexibility index (Phi) is 2.39. The lowest BCUT2D eigenvalue weighted by molar-refractivity contribution is -0.950. The number of hydrogen-bond acceptors (Lipinski definition) is 0. The molecular weight excluding hydrogens is 158 g/mol. The standard InChI is InChI=1S/C12H24N/c1-10-8-11(2)12(3)13(9-10)6-4-5-7-13/h10-12H,4-9H2,1-3H3/q+1.